The average molecular weight is 569 g/mol. The summed E-state index contributed by atoms with van der Waals surface area (Å²) in [5, 5.41) is 14.1. The molecule has 226 valence electrons. The SMILES string of the molecule is C[C@H]1CN(C(=O)c2ccc(C3CCC4(C5CCCCCCCC5)C(C3)NCN4C)cc2F)CCN1C(=O)C1(O)CC1. The first kappa shape index (κ1) is 29.1. The van der Waals surface area contributed by atoms with Crippen LogP contribution in [0.15, 0.2) is 18.2 Å². The number of hydrogen-bond donors (Lipinski definition) is 2. The van der Waals surface area contributed by atoms with Gasteiger partial charge < -0.3 is 14.9 Å². The molecule has 1 aromatic carbocycles. The maximum Gasteiger partial charge on any atom is 0.256 e. The molecule has 0 radical (unpaired) electrons. The number of fused-ring (bicyclic) bond motifs is 1. The van der Waals surface area contributed by atoms with Crippen LogP contribution in [0, 0.1) is 11.7 Å². The first-order chi connectivity index (χ1) is 19.7. The number of piperazine rings is 1. The number of hydrogen-bond acceptors (Lipinski definition) is 5. The number of likely N-dealkylation sites (N-methyl/N-ethyl adjacent to an activating group) is 1. The molecule has 41 heavy (non-hydrogen) atoms. The van der Waals surface area contributed by atoms with E-state index in [1.807, 2.05) is 13.0 Å². The third kappa shape index (κ3) is 5.45. The van der Waals surface area contributed by atoms with Crippen molar-refractivity contribution in [3.8, 4) is 0 Å². The Kier molecular flexibility index (Phi) is 8.20. The highest BCUT2D eigenvalue weighted by Crippen LogP contribution is 2.50. The van der Waals surface area contributed by atoms with E-state index in [0.29, 0.717) is 44.4 Å². The van der Waals surface area contributed by atoms with E-state index in [2.05, 4.69) is 17.3 Å². The molecule has 2 amide bonds. The van der Waals surface area contributed by atoms with Crippen LogP contribution < -0.4 is 5.32 Å². The lowest BCUT2D eigenvalue weighted by Crippen LogP contribution is -2.58. The number of carbonyl (C=O) groups is 2. The van der Waals surface area contributed by atoms with Crippen LogP contribution >= 0.6 is 0 Å². The summed E-state index contributed by atoms with van der Waals surface area (Å²) in [6.07, 6.45) is 15.0. The van der Waals surface area contributed by atoms with Gasteiger partial charge in [-0.2, -0.15) is 0 Å². The predicted octanol–water partition coefficient (Wildman–Crippen LogP) is 4.64. The van der Waals surface area contributed by atoms with E-state index in [-0.39, 0.29) is 34.9 Å². The van der Waals surface area contributed by atoms with Gasteiger partial charge in [-0.1, -0.05) is 44.6 Å². The van der Waals surface area contributed by atoms with Crippen LogP contribution in [0.3, 0.4) is 0 Å². The minimum atomic E-state index is -1.21. The quantitative estimate of drug-likeness (QED) is 0.554. The standard InChI is InChI=1S/C33H49FN4O3/c1-23-21-37(17-18-38(23)31(40)32(41)15-16-32)30(39)27-12-11-24(19-28(27)34)25-13-14-33(29(20-25)35-22-36(33)2)26-9-7-5-3-4-6-8-10-26/h11-12,19,23,25-26,29,35,41H,3-10,13-18,20-22H2,1-2H3/t23-,25?,29?,33?/m0/s1. The first-order valence-corrected chi connectivity index (χ1v) is 16.3. The van der Waals surface area contributed by atoms with E-state index in [4.69, 9.17) is 0 Å². The molecular weight excluding hydrogens is 519 g/mol. The average Bonchev–Trinajstić information content (AvgIpc) is 3.59. The molecule has 0 spiro atoms. The summed E-state index contributed by atoms with van der Waals surface area (Å²) >= 11 is 0. The molecule has 2 aliphatic heterocycles. The number of carbonyl (C=O) groups excluding carboxylic acids is 2. The summed E-state index contributed by atoms with van der Waals surface area (Å²) in [6, 6.07) is 5.45. The van der Waals surface area contributed by atoms with E-state index >= 15 is 4.39 Å². The number of nitrogens with zero attached hydrogens (tertiary/aromatic N) is 3. The Hall–Kier alpha value is -2.03. The van der Waals surface area contributed by atoms with E-state index in [0.717, 1.165) is 31.5 Å². The smallest absolute Gasteiger partial charge is 0.256 e. The van der Waals surface area contributed by atoms with Crippen molar-refractivity contribution in [3.63, 3.8) is 0 Å². The lowest BCUT2D eigenvalue weighted by atomic mass is 9.63. The van der Waals surface area contributed by atoms with Gasteiger partial charge in [0.05, 0.1) is 5.56 Å². The Balaban J connectivity index is 1.12. The van der Waals surface area contributed by atoms with Crippen LogP contribution in [0.4, 0.5) is 4.39 Å². The van der Waals surface area contributed by atoms with Crippen molar-refractivity contribution in [3.05, 3.63) is 35.1 Å². The van der Waals surface area contributed by atoms with Crippen molar-refractivity contribution in [2.24, 2.45) is 5.92 Å². The lowest BCUT2D eigenvalue weighted by Gasteiger charge is -2.51. The normalized spacial score (nSPS) is 33.0. The Morgan fingerprint density at radius 1 is 1.00 bits per heavy atom. The van der Waals surface area contributed by atoms with Crippen LogP contribution in [-0.2, 0) is 4.79 Å². The monoisotopic (exact) mass is 568 g/mol. The van der Waals surface area contributed by atoms with Crippen molar-refractivity contribution in [2.45, 2.75) is 120 Å². The van der Waals surface area contributed by atoms with Crippen LogP contribution in [-0.4, -0.2) is 88.2 Å². The number of amides is 2. The Morgan fingerprint density at radius 2 is 1.71 bits per heavy atom. The van der Waals surface area contributed by atoms with Gasteiger partial charge in [-0.15, -0.1) is 0 Å². The van der Waals surface area contributed by atoms with Crippen molar-refractivity contribution in [1.29, 1.82) is 0 Å². The molecule has 6 rings (SSSR count). The molecule has 0 bridgehead atoms. The minimum Gasteiger partial charge on any atom is -0.380 e. The number of nitrogens with one attached hydrogen (secondary N) is 1. The van der Waals surface area contributed by atoms with Crippen molar-refractivity contribution >= 4 is 11.8 Å². The van der Waals surface area contributed by atoms with Gasteiger partial charge in [0.15, 0.2) is 0 Å². The molecule has 2 saturated heterocycles. The van der Waals surface area contributed by atoms with Gasteiger partial charge in [0.1, 0.15) is 11.4 Å². The summed E-state index contributed by atoms with van der Waals surface area (Å²) in [5.74, 6) is -0.00806. The zero-order chi connectivity index (χ0) is 28.8. The molecule has 4 atom stereocenters. The molecule has 1 aromatic rings. The highest BCUT2D eigenvalue weighted by molar-refractivity contribution is 5.95. The fourth-order valence-corrected chi connectivity index (χ4v) is 8.71. The molecule has 8 heteroatoms. The van der Waals surface area contributed by atoms with Crippen LogP contribution in [0.5, 0.6) is 0 Å². The van der Waals surface area contributed by atoms with Crippen molar-refractivity contribution < 1.29 is 19.1 Å². The topological polar surface area (TPSA) is 76.1 Å². The molecule has 7 nitrogen and oxygen atoms in total. The van der Waals surface area contributed by atoms with Gasteiger partial charge in [0, 0.05) is 43.9 Å². The fourth-order valence-electron chi connectivity index (χ4n) is 8.71. The van der Waals surface area contributed by atoms with E-state index in [1.165, 1.54) is 51.4 Å². The third-order valence-corrected chi connectivity index (χ3v) is 11.4. The Bertz CT molecular complexity index is 1130. The summed E-state index contributed by atoms with van der Waals surface area (Å²) in [5.41, 5.74) is 0.0972. The molecule has 0 aromatic heterocycles. The summed E-state index contributed by atoms with van der Waals surface area (Å²) < 4.78 is 15.5. The second-order valence-corrected chi connectivity index (χ2v) is 13.8. The Morgan fingerprint density at radius 3 is 2.37 bits per heavy atom. The molecule has 3 saturated carbocycles. The molecule has 2 N–H and O–H groups in total. The molecule has 3 aliphatic carbocycles. The molecular formula is C33H49FN4O3. The zero-order valence-corrected chi connectivity index (χ0v) is 25.0. The predicted molar refractivity (Wildman–Crippen MR) is 157 cm³/mol. The fraction of sp³-hybridized carbons (Fsp3) is 0.758. The highest BCUT2D eigenvalue weighted by atomic mass is 19.1. The van der Waals surface area contributed by atoms with Crippen molar-refractivity contribution in [1.82, 2.24) is 20.0 Å². The number of rotatable bonds is 4. The summed E-state index contributed by atoms with van der Waals surface area (Å²) in [7, 11) is 2.30. The van der Waals surface area contributed by atoms with Gasteiger partial charge in [0.2, 0.25) is 0 Å². The molecule has 5 aliphatic rings. The number of halogens is 1. The zero-order valence-electron chi connectivity index (χ0n) is 25.0. The largest absolute Gasteiger partial charge is 0.380 e. The number of aliphatic hydroxyl groups is 1. The first-order valence-electron chi connectivity index (χ1n) is 16.3. The van der Waals surface area contributed by atoms with E-state index in [1.54, 1.807) is 21.9 Å². The van der Waals surface area contributed by atoms with Crippen LogP contribution in [0.1, 0.15) is 112 Å². The van der Waals surface area contributed by atoms with Gasteiger partial charge in [-0.25, -0.2) is 4.39 Å². The summed E-state index contributed by atoms with van der Waals surface area (Å²) in [6.45, 7) is 3.86. The second kappa shape index (κ2) is 11.6. The van der Waals surface area contributed by atoms with Gasteiger partial charge in [-0.3, -0.25) is 19.8 Å². The Labute approximate surface area is 244 Å². The molecule has 3 unspecified atom stereocenters. The van der Waals surface area contributed by atoms with Crippen molar-refractivity contribution in [2.75, 3.05) is 33.4 Å². The molecule has 2 heterocycles. The van der Waals surface area contributed by atoms with E-state index < -0.39 is 11.4 Å². The summed E-state index contributed by atoms with van der Waals surface area (Å²) in [4.78, 5) is 31.9. The third-order valence-electron chi connectivity index (χ3n) is 11.4. The molecule has 5 fully saturated rings. The second-order valence-electron chi connectivity index (χ2n) is 13.8. The highest BCUT2D eigenvalue weighted by Gasteiger charge is 2.54. The van der Waals surface area contributed by atoms with Crippen LogP contribution in [0.25, 0.3) is 0 Å². The minimum absolute atomic E-state index is 0.107. The van der Waals surface area contributed by atoms with Gasteiger partial charge in [0.25, 0.3) is 11.8 Å². The van der Waals surface area contributed by atoms with Gasteiger partial charge in [-0.05, 0) is 88.4 Å². The maximum absolute atomic E-state index is 15.5. The van der Waals surface area contributed by atoms with E-state index in [9.17, 15) is 14.7 Å². The lowest BCUT2D eigenvalue weighted by molar-refractivity contribution is -0.146. The maximum atomic E-state index is 15.5. The van der Waals surface area contributed by atoms with Crippen LogP contribution in [0.2, 0.25) is 0 Å². The van der Waals surface area contributed by atoms with Gasteiger partial charge >= 0.3 is 0 Å². The number of benzene rings is 1.